The molecule has 0 saturated heterocycles. The molecule has 0 atom stereocenters. The predicted octanol–water partition coefficient (Wildman–Crippen LogP) is 9.13. The Morgan fingerprint density at radius 3 is 2.38 bits per heavy atom. The maximum absolute atomic E-state index is 5.21. The van der Waals surface area contributed by atoms with Crippen LogP contribution in [0, 0.1) is 0 Å². The van der Waals surface area contributed by atoms with Crippen molar-refractivity contribution in [1.29, 1.82) is 0 Å². The molecule has 0 amide bonds. The summed E-state index contributed by atoms with van der Waals surface area (Å²) in [7, 11) is 2.11. The first-order chi connectivity index (χ1) is 19.8. The number of hydrogen-bond donors (Lipinski definition) is 0. The lowest BCUT2D eigenvalue weighted by Gasteiger charge is -2.11. The zero-order valence-electron chi connectivity index (χ0n) is 21.8. The first kappa shape index (κ1) is 22.9. The Bertz CT molecular complexity index is 2170. The van der Waals surface area contributed by atoms with Gasteiger partial charge in [-0.1, -0.05) is 66.7 Å². The molecule has 0 aliphatic carbocycles. The highest BCUT2D eigenvalue weighted by Gasteiger charge is 2.18. The van der Waals surface area contributed by atoms with Crippen molar-refractivity contribution in [3.63, 3.8) is 0 Å². The number of aromatic nitrogens is 4. The average Bonchev–Trinajstić information content (AvgIpc) is 3.74. The van der Waals surface area contributed by atoms with Gasteiger partial charge in [0.25, 0.3) is 0 Å². The second kappa shape index (κ2) is 9.04. The lowest BCUT2D eigenvalue weighted by atomic mass is 10.1. The van der Waals surface area contributed by atoms with Crippen molar-refractivity contribution in [2.24, 2.45) is 7.05 Å². The number of nitrogens with zero attached hydrogens (tertiary/aromatic N) is 4. The molecule has 0 N–H and O–H groups in total. The SMILES string of the molecule is Cn1c(-c2ccc3c4ccccc4n(-c4cccc(-c5ccccn5)c4)c3c2)nc2c(-c3cccs3)cccc21. The number of rotatable bonds is 4. The minimum atomic E-state index is 0.958. The number of pyridine rings is 1. The maximum Gasteiger partial charge on any atom is 0.140 e. The Balaban J connectivity index is 1.36. The second-order valence-electron chi connectivity index (χ2n) is 9.99. The van der Waals surface area contributed by atoms with Crippen LogP contribution in [0.15, 0.2) is 127 Å². The number of thiophene rings is 1. The van der Waals surface area contributed by atoms with Crippen molar-refractivity contribution in [3.05, 3.63) is 127 Å². The third-order valence-electron chi connectivity index (χ3n) is 7.70. The van der Waals surface area contributed by atoms with E-state index in [1.54, 1.807) is 11.3 Å². The van der Waals surface area contributed by atoms with E-state index in [1.165, 1.54) is 26.7 Å². The zero-order valence-corrected chi connectivity index (χ0v) is 22.6. The van der Waals surface area contributed by atoms with E-state index in [2.05, 4.69) is 130 Å². The van der Waals surface area contributed by atoms with Crippen LogP contribution in [0.5, 0.6) is 0 Å². The molecule has 0 aliphatic rings. The molecule has 0 aliphatic heterocycles. The van der Waals surface area contributed by atoms with Gasteiger partial charge in [0.1, 0.15) is 5.82 Å². The van der Waals surface area contributed by atoms with Gasteiger partial charge in [-0.25, -0.2) is 4.98 Å². The molecule has 0 saturated carbocycles. The molecule has 0 fully saturated rings. The topological polar surface area (TPSA) is 35.6 Å². The number of imidazole rings is 1. The maximum atomic E-state index is 5.21. The standard InChI is InChI=1S/C35H24N4S/c1-38-31-15-7-12-28(33-16-8-20-40-33)34(31)37-35(38)24-17-18-27-26-11-2-3-14-30(26)39(32(27)22-24)25-10-6-9-23(21-25)29-13-4-5-19-36-29/h2-22H,1H3. The van der Waals surface area contributed by atoms with Gasteiger partial charge in [0, 0.05) is 51.3 Å². The number of hydrogen-bond acceptors (Lipinski definition) is 3. The van der Waals surface area contributed by atoms with Gasteiger partial charge in [-0.15, -0.1) is 11.3 Å². The van der Waals surface area contributed by atoms with E-state index in [0.29, 0.717) is 0 Å². The van der Waals surface area contributed by atoms with Crippen LogP contribution in [0.3, 0.4) is 0 Å². The van der Waals surface area contributed by atoms with E-state index >= 15 is 0 Å². The van der Waals surface area contributed by atoms with Crippen LogP contribution < -0.4 is 0 Å². The Labute approximate surface area is 235 Å². The van der Waals surface area contributed by atoms with Gasteiger partial charge in [-0.3, -0.25) is 4.98 Å². The summed E-state index contributed by atoms with van der Waals surface area (Å²) in [5.41, 5.74) is 9.93. The van der Waals surface area contributed by atoms with Crippen LogP contribution in [-0.4, -0.2) is 19.1 Å². The summed E-state index contributed by atoms with van der Waals surface area (Å²) >= 11 is 1.75. The van der Waals surface area contributed by atoms with Crippen LogP contribution in [0.25, 0.3) is 71.6 Å². The van der Waals surface area contributed by atoms with E-state index in [-0.39, 0.29) is 0 Å². The van der Waals surface area contributed by atoms with Gasteiger partial charge in [0.2, 0.25) is 0 Å². The van der Waals surface area contributed by atoms with Crippen LogP contribution in [-0.2, 0) is 7.05 Å². The van der Waals surface area contributed by atoms with E-state index in [1.807, 2.05) is 18.3 Å². The Hall–Kier alpha value is -5.00. The van der Waals surface area contributed by atoms with Crippen molar-refractivity contribution < 1.29 is 0 Å². The monoisotopic (exact) mass is 532 g/mol. The second-order valence-corrected chi connectivity index (χ2v) is 10.9. The Morgan fingerprint density at radius 1 is 0.650 bits per heavy atom. The van der Waals surface area contributed by atoms with E-state index in [4.69, 9.17) is 4.98 Å². The third-order valence-corrected chi connectivity index (χ3v) is 8.60. The molecule has 0 spiro atoms. The van der Waals surface area contributed by atoms with Crippen molar-refractivity contribution in [2.75, 3.05) is 0 Å². The van der Waals surface area contributed by atoms with Crippen molar-refractivity contribution in [1.82, 2.24) is 19.1 Å². The van der Waals surface area contributed by atoms with Gasteiger partial charge < -0.3 is 9.13 Å². The van der Waals surface area contributed by atoms with Gasteiger partial charge in [-0.2, -0.15) is 0 Å². The zero-order chi connectivity index (χ0) is 26.6. The normalized spacial score (nSPS) is 11.6. The molecule has 8 rings (SSSR count). The molecule has 40 heavy (non-hydrogen) atoms. The largest absolute Gasteiger partial charge is 0.327 e. The number of aryl methyl sites for hydroxylation is 1. The molecule has 4 nitrogen and oxygen atoms in total. The number of benzene rings is 4. The molecule has 4 heterocycles. The lowest BCUT2D eigenvalue weighted by Crippen LogP contribution is -1.96. The molecule has 5 heteroatoms. The molecule has 0 unspecified atom stereocenters. The van der Waals surface area contributed by atoms with E-state index < -0.39 is 0 Å². The van der Waals surface area contributed by atoms with Crippen LogP contribution in [0.2, 0.25) is 0 Å². The highest BCUT2D eigenvalue weighted by atomic mass is 32.1. The highest BCUT2D eigenvalue weighted by molar-refractivity contribution is 7.13. The summed E-state index contributed by atoms with van der Waals surface area (Å²) in [6.07, 6.45) is 1.84. The number of fused-ring (bicyclic) bond motifs is 4. The average molecular weight is 533 g/mol. The van der Waals surface area contributed by atoms with Crippen LogP contribution in [0.1, 0.15) is 0 Å². The van der Waals surface area contributed by atoms with Gasteiger partial charge in [0.15, 0.2) is 0 Å². The van der Waals surface area contributed by atoms with Crippen molar-refractivity contribution in [3.8, 4) is 38.8 Å². The summed E-state index contributed by atoms with van der Waals surface area (Å²) in [5, 5.41) is 4.58. The summed E-state index contributed by atoms with van der Waals surface area (Å²) in [5.74, 6) is 0.958. The smallest absolute Gasteiger partial charge is 0.140 e. The van der Waals surface area contributed by atoms with Crippen molar-refractivity contribution >= 4 is 44.2 Å². The summed E-state index contributed by atoms with van der Waals surface area (Å²) < 4.78 is 4.57. The minimum Gasteiger partial charge on any atom is -0.327 e. The van der Waals surface area contributed by atoms with Crippen molar-refractivity contribution in [2.45, 2.75) is 0 Å². The molecule has 0 bridgehead atoms. The van der Waals surface area contributed by atoms with Crippen LogP contribution in [0.4, 0.5) is 0 Å². The van der Waals surface area contributed by atoms with Gasteiger partial charge >= 0.3 is 0 Å². The predicted molar refractivity (Wildman–Crippen MR) is 167 cm³/mol. The summed E-state index contributed by atoms with van der Waals surface area (Å²) in [6.45, 7) is 0. The number of para-hydroxylation sites is 2. The molecular formula is C35H24N4S. The lowest BCUT2D eigenvalue weighted by molar-refractivity contribution is 0.959. The fraction of sp³-hybridized carbons (Fsp3) is 0.0286. The highest BCUT2D eigenvalue weighted by Crippen LogP contribution is 2.37. The quantitative estimate of drug-likeness (QED) is 0.227. The summed E-state index contributed by atoms with van der Waals surface area (Å²) in [4.78, 5) is 11.0. The van der Waals surface area contributed by atoms with Gasteiger partial charge in [-0.05, 0) is 53.9 Å². The molecule has 8 aromatic rings. The Morgan fingerprint density at radius 2 is 1.50 bits per heavy atom. The Kier molecular flexibility index (Phi) is 5.18. The van der Waals surface area contributed by atoms with Crippen LogP contribution >= 0.6 is 11.3 Å². The molecule has 190 valence electrons. The van der Waals surface area contributed by atoms with Gasteiger partial charge in [0.05, 0.1) is 27.8 Å². The van der Waals surface area contributed by atoms with E-state index in [0.717, 1.165) is 44.9 Å². The molecule has 4 aromatic carbocycles. The summed E-state index contributed by atoms with van der Waals surface area (Å²) in [6, 6.07) is 40.7. The minimum absolute atomic E-state index is 0.958. The third kappa shape index (κ3) is 3.52. The van der Waals surface area contributed by atoms with E-state index in [9.17, 15) is 0 Å². The molecular weight excluding hydrogens is 508 g/mol. The molecule has 4 aromatic heterocycles. The fourth-order valence-corrected chi connectivity index (χ4v) is 6.58. The first-order valence-corrected chi connectivity index (χ1v) is 14.2. The fourth-order valence-electron chi connectivity index (χ4n) is 5.83. The molecule has 0 radical (unpaired) electrons. The first-order valence-electron chi connectivity index (χ1n) is 13.3.